The Morgan fingerprint density at radius 1 is 1.37 bits per heavy atom. The van der Waals surface area contributed by atoms with Gasteiger partial charge in [0.25, 0.3) is 0 Å². The van der Waals surface area contributed by atoms with Gasteiger partial charge in [0.05, 0.1) is 6.04 Å². The second kappa shape index (κ2) is 6.17. The summed E-state index contributed by atoms with van der Waals surface area (Å²) in [7, 11) is 0. The van der Waals surface area contributed by atoms with E-state index in [4.69, 9.17) is 5.73 Å². The highest BCUT2D eigenvalue weighted by atomic mass is 16.2. The number of amides is 1. The molecule has 3 N–H and O–H groups in total. The molecule has 2 rings (SSSR count). The van der Waals surface area contributed by atoms with Gasteiger partial charge in [0, 0.05) is 25.7 Å². The minimum Gasteiger partial charge on any atom is -0.351 e. The van der Waals surface area contributed by atoms with Gasteiger partial charge in [-0.05, 0) is 31.4 Å². The van der Waals surface area contributed by atoms with E-state index in [0.29, 0.717) is 6.54 Å². The summed E-state index contributed by atoms with van der Waals surface area (Å²) in [6, 6.07) is 8.38. The molecule has 0 saturated carbocycles. The first kappa shape index (κ1) is 14.0. The van der Waals surface area contributed by atoms with Crippen LogP contribution in [-0.2, 0) is 17.8 Å². The Morgan fingerprint density at radius 2 is 2.05 bits per heavy atom. The molecular formula is C15H23N3O. The van der Waals surface area contributed by atoms with Gasteiger partial charge in [0.15, 0.2) is 0 Å². The van der Waals surface area contributed by atoms with Crippen molar-refractivity contribution in [1.82, 2.24) is 10.2 Å². The van der Waals surface area contributed by atoms with Crippen LogP contribution in [0.3, 0.4) is 0 Å². The van der Waals surface area contributed by atoms with Crippen LogP contribution < -0.4 is 11.1 Å². The zero-order valence-corrected chi connectivity index (χ0v) is 11.7. The first-order valence-electron chi connectivity index (χ1n) is 6.93. The molecule has 0 spiro atoms. The zero-order valence-electron chi connectivity index (χ0n) is 11.7. The smallest absolute Gasteiger partial charge is 0.237 e. The average Bonchev–Trinajstić information content (AvgIpc) is 2.45. The van der Waals surface area contributed by atoms with E-state index in [1.807, 2.05) is 13.8 Å². The molecular weight excluding hydrogens is 238 g/mol. The summed E-state index contributed by atoms with van der Waals surface area (Å²) in [4.78, 5) is 14.3. The van der Waals surface area contributed by atoms with Crippen LogP contribution in [0.2, 0.25) is 0 Å². The Balaban J connectivity index is 1.98. The van der Waals surface area contributed by atoms with Crippen molar-refractivity contribution in [3.05, 3.63) is 35.4 Å². The number of carbonyl (C=O) groups is 1. The summed E-state index contributed by atoms with van der Waals surface area (Å²) in [6.07, 6.45) is 1.01. The number of nitrogens with zero attached hydrogens (tertiary/aromatic N) is 1. The fourth-order valence-electron chi connectivity index (χ4n) is 2.44. The number of benzene rings is 1. The lowest BCUT2D eigenvalue weighted by molar-refractivity contribution is -0.126. The van der Waals surface area contributed by atoms with Crippen molar-refractivity contribution in [1.29, 1.82) is 0 Å². The maximum absolute atomic E-state index is 12.1. The molecule has 0 saturated heterocycles. The molecule has 1 heterocycles. The largest absolute Gasteiger partial charge is 0.351 e. The van der Waals surface area contributed by atoms with Crippen molar-refractivity contribution in [3.8, 4) is 0 Å². The van der Waals surface area contributed by atoms with E-state index in [9.17, 15) is 4.79 Å². The van der Waals surface area contributed by atoms with E-state index >= 15 is 0 Å². The van der Waals surface area contributed by atoms with Crippen LogP contribution in [0, 0.1) is 0 Å². The zero-order chi connectivity index (χ0) is 13.8. The molecule has 19 heavy (non-hydrogen) atoms. The summed E-state index contributed by atoms with van der Waals surface area (Å²) in [6.45, 7) is 6.15. The summed E-state index contributed by atoms with van der Waals surface area (Å²) >= 11 is 0. The normalized spacial score (nSPS) is 18.5. The van der Waals surface area contributed by atoms with Crippen molar-refractivity contribution >= 4 is 5.91 Å². The van der Waals surface area contributed by atoms with Crippen LogP contribution in [0.5, 0.6) is 0 Å². The van der Waals surface area contributed by atoms with E-state index in [1.54, 1.807) is 0 Å². The van der Waals surface area contributed by atoms with Crippen molar-refractivity contribution in [3.63, 3.8) is 0 Å². The number of rotatable bonds is 4. The van der Waals surface area contributed by atoms with Crippen LogP contribution in [0.1, 0.15) is 25.0 Å². The van der Waals surface area contributed by atoms with E-state index in [2.05, 4.69) is 34.5 Å². The molecule has 0 fully saturated rings. The second-order valence-electron chi connectivity index (χ2n) is 5.31. The third-order valence-corrected chi connectivity index (χ3v) is 3.83. The lowest BCUT2D eigenvalue weighted by atomic mass is 9.98. The van der Waals surface area contributed by atoms with Gasteiger partial charge in [-0.25, -0.2) is 0 Å². The molecule has 0 aromatic heterocycles. The van der Waals surface area contributed by atoms with E-state index in [0.717, 1.165) is 19.5 Å². The summed E-state index contributed by atoms with van der Waals surface area (Å²) in [5.74, 6) is 0.0670. The van der Waals surface area contributed by atoms with Gasteiger partial charge in [0.1, 0.15) is 0 Å². The van der Waals surface area contributed by atoms with E-state index < -0.39 is 0 Å². The fourth-order valence-corrected chi connectivity index (χ4v) is 2.44. The minimum absolute atomic E-state index is 0.0343. The monoisotopic (exact) mass is 261 g/mol. The van der Waals surface area contributed by atoms with Gasteiger partial charge in [-0.2, -0.15) is 0 Å². The SMILES string of the molecule is CC(C(=O)N[C@@H](C)CN)N1CCc2ccccc2C1. The van der Waals surface area contributed by atoms with Crippen molar-refractivity contribution < 1.29 is 4.79 Å². The van der Waals surface area contributed by atoms with Crippen molar-refractivity contribution in [2.24, 2.45) is 5.73 Å². The Bertz CT molecular complexity index is 447. The highest BCUT2D eigenvalue weighted by Crippen LogP contribution is 2.20. The van der Waals surface area contributed by atoms with Crippen molar-refractivity contribution in [2.45, 2.75) is 38.9 Å². The first-order chi connectivity index (χ1) is 9.11. The maximum atomic E-state index is 12.1. The number of hydrogen-bond donors (Lipinski definition) is 2. The minimum atomic E-state index is -0.109. The van der Waals surface area contributed by atoms with Gasteiger partial charge in [-0.3, -0.25) is 9.69 Å². The molecule has 1 aromatic rings. The molecule has 1 unspecified atom stereocenters. The number of hydrogen-bond acceptors (Lipinski definition) is 3. The van der Waals surface area contributed by atoms with Crippen LogP contribution in [0.15, 0.2) is 24.3 Å². The predicted octanol–water partition coefficient (Wildman–Crippen LogP) is 0.897. The van der Waals surface area contributed by atoms with Gasteiger partial charge in [0.2, 0.25) is 5.91 Å². The third kappa shape index (κ3) is 3.33. The molecule has 1 aliphatic heterocycles. The molecule has 1 amide bonds. The first-order valence-corrected chi connectivity index (χ1v) is 6.93. The second-order valence-corrected chi connectivity index (χ2v) is 5.31. The molecule has 0 bridgehead atoms. The topological polar surface area (TPSA) is 58.4 Å². The standard InChI is InChI=1S/C15H23N3O/c1-11(9-16)17-15(19)12(2)18-8-7-13-5-3-4-6-14(13)10-18/h3-6,11-12H,7-10,16H2,1-2H3,(H,17,19)/t11-,12?/m0/s1. The maximum Gasteiger partial charge on any atom is 0.237 e. The lowest BCUT2D eigenvalue weighted by Gasteiger charge is -2.33. The third-order valence-electron chi connectivity index (χ3n) is 3.83. The molecule has 0 radical (unpaired) electrons. The molecule has 1 aromatic carbocycles. The summed E-state index contributed by atoms with van der Waals surface area (Å²) < 4.78 is 0. The highest BCUT2D eigenvalue weighted by molar-refractivity contribution is 5.81. The van der Waals surface area contributed by atoms with Crippen LogP contribution >= 0.6 is 0 Å². The molecule has 0 aliphatic carbocycles. The average molecular weight is 261 g/mol. The lowest BCUT2D eigenvalue weighted by Crippen LogP contribution is -2.50. The highest BCUT2D eigenvalue weighted by Gasteiger charge is 2.25. The van der Waals surface area contributed by atoms with E-state index in [-0.39, 0.29) is 18.0 Å². The molecule has 4 heteroatoms. The van der Waals surface area contributed by atoms with Crippen LogP contribution in [0.4, 0.5) is 0 Å². The fraction of sp³-hybridized carbons (Fsp3) is 0.533. The predicted molar refractivity (Wildman–Crippen MR) is 76.7 cm³/mol. The Hall–Kier alpha value is -1.39. The van der Waals surface area contributed by atoms with Crippen molar-refractivity contribution in [2.75, 3.05) is 13.1 Å². The van der Waals surface area contributed by atoms with Gasteiger partial charge in [-0.1, -0.05) is 24.3 Å². The van der Waals surface area contributed by atoms with Gasteiger partial charge >= 0.3 is 0 Å². The Labute approximate surface area is 115 Å². The quantitative estimate of drug-likeness (QED) is 0.846. The van der Waals surface area contributed by atoms with Crippen LogP contribution in [-0.4, -0.2) is 36.0 Å². The van der Waals surface area contributed by atoms with Gasteiger partial charge in [-0.15, -0.1) is 0 Å². The Kier molecular flexibility index (Phi) is 4.56. The molecule has 4 nitrogen and oxygen atoms in total. The Morgan fingerprint density at radius 3 is 2.74 bits per heavy atom. The number of nitrogens with one attached hydrogen (secondary N) is 1. The van der Waals surface area contributed by atoms with E-state index in [1.165, 1.54) is 11.1 Å². The van der Waals surface area contributed by atoms with Gasteiger partial charge < -0.3 is 11.1 Å². The number of nitrogens with two attached hydrogens (primary N) is 1. The molecule has 104 valence electrons. The number of fused-ring (bicyclic) bond motifs is 1. The molecule has 1 aliphatic rings. The number of carbonyl (C=O) groups excluding carboxylic acids is 1. The summed E-state index contributed by atoms with van der Waals surface area (Å²) in [5, 5.41) is 2.94. The summed E-state index contributed by atoms with van der Waals surface area (Å²) in [5.41, 5.74) is 8.27. The van der Waals surface area contributed by atoms with Crippen LogP contribution in [0.25, 0.3) is 0 Å². The molecule has 2 atom stereocenters.